The van der Waals surface area contributed by atoms with E-state index in [2.05, 4.69) is 6.07 Å². The number of ether oxygens (including phenoxy) is 1. The Bertz CT molecular complexity index is 502. The fraction of sp³-hybridized carbons (Fsp3) is 0.562. The highest BCUT2D eigenvalue weighted by Crippen LogP contribution is 2.32. The molecular weight excluding hydrogens is 254 g/mol. The van der Waals surface area contributed by atoms with Gasteiger partial charge in [-0.25, -0.2) is 0 Å². The van der Waals surface area contributed by atoms with Crippen LogP contribution in [0.3, 0.4) is 0 Å². The van der Waals surface area contributed by atoms with Gasteiger partial charge in [0.2, 0.25) is 5.91 Å². The third-order valence-corrected chi connectivity index (χ3v) is 4.56. The SMILES string of the molecule is C[C@@H]1OCC[C@H]1C(=O)N1CCc2ccccc2[C@@H]1CO. The number of aliphatic hydroxyl groups is 1. The summed E-state index contributed by atoms with van der Waals surface area (Å²) in [4.78, 5) is 14.6. The topological polar surface area (TPSA) is 49.8 Å². The molecule has 1 aromatic rings. The predicted molar refractivity (Wildman–Crippen MR) is 75.2 cm³/mol. The van der Waals surface area contributed by atoms with Gasteiger partial charge in [-0.05, 0) is 30.9 Å². The first-order valence-corrected chi connectivity index (χ1v) is 7.33. The minimum Gasteiger partial charge on any atom is -0.394 e. The minimum absolute atomic E-state index is 0.0148. The van der Waals surface area contributed by atoms with Crippen LogP contribution in [0.4, 0.5) is 0 Å². The van der Waals surface area contributed by atoms with Gasteiger partial charge < -0.3 is 14.7 Å². The summed E-state index contributed by atoms with van der Waals surface area (Å²) in [6.07, 6.45) is 1.63. The van der Waals surface area contributed by atoms with Gasteiger partial charge in [0.05, 0.1) is 24.7 Å². The van der Waals surface area contributed by atoms with Crippen molar-refractivity contribution < 1.29 is 14.6 Å². The minimum atomic E-state index is -0.208. The standard InChI is InChI=1S/C16H21NO3/c1-11-13(7-9-20-11)16(19)17-8-6-12-4-2-3-5-14(12)15(17)10-18/h2-5,11,13,15,18H,6-10H2,1H3/t11-,13+,15-/m0/s1. The van der Waals surface area contributed by atoms with Gasteiger partial charge in [-0.15, -0.1) is 0 Å². The molecule has 1 saturated heterocycles. The molecule has 0 unspecified atom stereocenters. The van der Waals surface area contributed by atoms with Gasteiger partial charge in [-0.2, -0.15) is 0 Å². The molecule has 0 radical (unpaired) electrons. The van der Waals surface area contributed by atoms with E-state index in [4.69, 9.17) is 4.74 Å². The Morgan fingerprint density at radius 2 is 2.25 bits per heavy atom. The molecule has 0 saturated carbocycles. The lowest BCUT2D eigenvalue weighted by atomic mass is 9.90. The average molecular weight is 275 g/mol. The maximum Gasteiger partial charge on any atom is 0.228 e. The number of nitrogens with zero attached hydrogens (tertiary/aromatic N) is 1. The largest absolute Gasteiger partial charge is 0.394 e. The summed E-state index contributed by atoms with van der Waals surface area (Å²) in [6.45, 7) is 3.28. The van der Waals surface area contributed by atoms with Crippen molar-refractivity contribution in [3.63, 3.8) is 0 Å². The number of amides is 1. The molecule has 0 spiro atoms. The molecule has 20 heavy (non-hydrogen) atoms. The monoisotopic (exact) mass is 275 g/mol. The number of benzene rings is 1. The Balaban J connectivity index is 1.85. The van der Waals surface area contributed by atoms with Crippen LogP contribution in [0.1, 0.15) is 30.5 Å². The van der Waals surface area contributed by atoms with E-state index in [1.807, 2.05) is 30.0 Å². The highest BCUT2D eigenvalue weighted by molar-refractivity contribution is 5.80. The van der Waals surface area contributed by atoms with Crippen LogP contribution in [0.5, 0.6) is 0 Å². The van der Waals surface area contributed by atoms with Crippen LogP contribution >= 0.6 is 0 Å². The molecule has 1 amide bonds. The number of fused-ring (bicyclic) bond motifs is 1. The van der Waals surface area contributed by atoms with Crippen molar-refractivity contribution in [3.05, 3.63) is 35.4 Å². The van der Waals surface area contributed by atoms with Gasteiger partial charge in [0.25, 0.3) is 0 Å². The van der Waals surface area contributed by atoms with Gasteiger partial charge in [-0.3, -0.25) is 4.79 Å². The number of aliphatic hydroxyl groups excluding tert-OH is 1. The molecule has 3 rings (SSSR count). The van der Waals surface area contributed by atoms with Crippen molar-refractivity contribution in [1.82, 2.24) is 4.90 Å². The van der Waals surface area contributed by atoms with Crippen LogP contribution in [-0.2, 0) is 16.0 Å². The predicted octanol–water partition coefficient (Wildman–Crippen LogP) is 1.53. The zero-order valence-corrected chi connectivity index (χ0v) is 11.8. The van der Waals surface area contributed by atoms with E-state index in [-0.39, 0.29) is 30.6 Å². The molecule has 2 heterocycles. The van der Waals surface area contributed by atoms with E-state index < -0.39 is 0 Å². The molecule has 0 aliphatic carbocycles. The Morgan fingerprint density at radius 1 is 1.45 bits per heavy atom. The van der Waals surface area contributed by atoms with E-state index in [0.29, 0.717) is 13.2 Å². The molecule has 2 aliphatic rings. The molecule has 1 N–H and O–H groups in total. The maximum atomic E-state index is 12.7. The van der Waals surface area contributed by atoms with E-state index in [9.17, 15) is 9.90 Å². The number of carbonyl (C=O) groups is 1. The smallest absolute Gasteiger partial charge is 0.228 e. The molecule has 108 valence electrons. The summed E-state index contributed by atoms with van der Waals surface area (Å²) < 4.78 is 5.51. The van der Waals surface area contributed by atoms with Crippen molar-refractivity contribution >= 4 is 5.91 Å². The zero-order chi connectivity index (χ0) is 14.1. The normalized spacial score (nSPS) is 29.3. The first kappa shape index (κ1) is 13.6. The molecule has 2 aliphatic heterocycles. The Labute approximate surface area is 119 Å². The Morgan fingerprint density at radius 3 is 2.95 bits per heavy atom. The number of carbonyl (C=O) groups excluding carboxylic acids is 1. The first-order chi connectivity index (χ1) is 9.72. The molecule has 0 bridgehead atoms. The second-order valence-electron chi connectivity index (χ2n) is 5.65. The van der Waals surface area contributed by atoms with Crippen molar-refractivity contribution in [2.75, 3.05) is 19.8 Å². The molecule has 4 heteroatoms. The second-order valence-corrected chi connectivity index (χ2v) is 5.65. The van der Waals surface area contributed by atoms with Crippen LogP contribution in [0.2, 0.25) is 0 Å². The highest BCUT2D eigenvalue weighted by atomic mass is 16.5. The van der Waals surface area contributed by atoms with E-state index in [1.165, 1.54) is 5.56 Å². The number of hydrogen-bond acceptors (Lipinski definition) is 3. The molecule has 4 nitrogen and oxygen atoms in total. The second kappa shape index (κ2) is 5.54. The highest BCUT2D eigenvalue weighted by Gasteiger charge is 2.38. The summed E-state index contributed by atoms with van der Waals surface area (Å²) in [7, 11) is 0. The lowest BCUT2D eigenvalue weighted by molar-refractivity contribution is -0.141. The summed E-state index contributed by atoms with van der Waals surface area (Å²) >= 11 is 0. The van der Waals surface area contributed by atoms with Gasteiger partial charge in [0, 0.05) is 13.2 Å². The van der Waals surface area contributed by atoms with Gasteiger partial charge in [0.15, 0.2) is 0 Å². The molecule has 3 atom stereocenters. The van der Waals surface area contributed by atoms with Gasteiger partial charge in [0.1, 0.15) is 0 Å². The Kier molecular flexibility index (Phi) is 3.76. The fourth-order valence-electron chi connectivity index (χ4n) is 3.38. The zero-order valence-electron chi connectivity index (χ0n) is 11.8. The lowest BCUT2D eigenvalue weighted by Gasteiger charge is -2.38. The van der Waals surface area contributed by atoms with Crippen LogP contribution in [-0.4, -0.2) is 41.8 Å². The molecule has 1 fully saturated rings. The lowest BCUT2D eigenvalue weighted by Crippen LogP contribution is -2.45. The van der Waals surface area contributed by atoms with Gasteiger partial charge in [-0.1, -0.05) is 24.3 Å². The summed E-state index contributed by atoms with van der Waals surface area (Å²) in [5, 5.41) is 9.74. The number of hydrogen-bond donors (Lipinski definition) is 1. The van der Waals surface area contributed by atoms with Crippen LogP contribution in [0.25, 0.3) is 0 Å². The van der Waals surface area contributed by atoms with Gasteiger partial charge >= 0.3 is 0 Å². The first-order valence-electron chi connectivity index (χ1n) is 7.33. The third kappa shape index (κ3) is 2.23. The van der Waals surface area contributed by atoms with Crippen molar-refractivity contribution in [2.45, 2.75) is 31.9 Å². The number of rotatable bonds is 2. The fourth-order valence-corrected chi connectivity index (χ4v) is 3.38. The van der Waals surface area contributed by atoms with E-state index in [0.717, 1.165) is 18.4 Å². The van der Waals surface area contributed by atoms with E-state index >= 15 is 0 Å². The van der Waals surface area contributed by atoms with E-state index in [1.54, 1.807) is 0 Å². The molecule has 1 aromatic carbocycles. The average Bonchev–Trinajstić information content (AvgIpc) is 2.91. The maximum absolute atomic E-state index is 12.7. The van der Waals surface area contributed by atoms with Crippen LogP contribution in [0.15, 0.2) is 24.3 Å². The third-order valence-electron chi connectivity index (χ3n) is 4.56. The summed E-state index contributed by atoms with van der Waals surface area (Å²) in [6, 6.07) is 7.87. The van der Waals surface area contributed by atoms with Crippen molar-refractivity contribution in [1.29, 1.82) is 0 Å². The molecular formula is C16H21NO3. The Hall–Kier alpha value is -1.39. The summed E-state index contributed by atoms with van der Waals surface area (Å²) in [5.41, 5.74) is 2.33. The van der Waals surface area contributed by atoms with Crippen molar-refractivity contribution in [3.8, 4) is 0 Å². The summed E-state index contributed by atoms with van der Waals surface area (Å²) in [5.74, 6) is 0.0675. The van der Waals surface area contributed by atoms with Crippen LogP contribution in [0, 0.1) is 5.92 Å². The van der Waals surface area contributed by atoms with Crippen LogP contribution < -0.4 is 0 Å². The quantitative estimate of drug-likeness (QED) is 0.890. The van der Waals surface area contributed by atoms with Crippen molar-refractivity contribution in [2.24, 2.45) is 5.92 Å². The molecule has 0 aromatic heterocycles.